The van der Waals surface area contributed by atoms with Crippen LogP contribution in [0.25, 0.3) is 0 Å². The molecule has 0 aliphatic carbocycles. The van der Waals surface area contributed by atoms with Gasteiger partial charge in [-0.25, -0.2) is 9.67 Å². The van der Waals surface area contributed by atoms with Gasteiger partial charge in [-0.1, -0.05) is 36.4 Å². The molecule has 0 unspecified atom stereocenters. The van der Waals surface area contributed by atoms with Crippen LogP contribution >= 0.6 is 0 Å². The Morgan fingerprint density at radius 3 is 2.69 bits per heavy atom. The fraction of sp³-hybridized carbons (Fsp3) is 0.250. The van der Waals surface area contributed by atoms with Crippen LogP contribution < -0.4 is 10.1 Å². The van der Waals surface area contributed by atoms with Crippen LogP contribution in [0.3, 0.4) is 0 Å². The molecule has 0 spiro atoms. The van der Waals surface area contributed by atoms with Crippen molar-refractivity contribution < 1.29 is 9.53 Å². The Morgan fingerprint density at radius 1 is 1.15 bits per heavy atom. The third-order valence-corrected chi connectivity index (χ3v) is 3.91. The first kappa shape index (κ1) is 17.7. The van der Waals surface area contributed by atoms with Gasteiger partial charge in [0.25, 0.3) is 0 Å². The van der Waals surface area contributed by atoms with Crippen LogP contribution in [0.2, 0.25) is 0 Å². The predicted molar refractivity (Wildman–Crippen MR) is 98.7 cm³/mol. The van der Waals surface area contributed by atoms with Gasteiger partial charge in [-0.2, -0.15) is 5.10 Å². The van der Waals surface area contributed by atoms with E-state index in [-0.39, 0.29) is 5.91 Å². The van der Waals surface area contributed by atoms with Crippen LogP contribution in [-0.2, 0) is 17.9 Å². The summed E-state index contributed by atoms with van der Waals surface area (Å²) in [5.41, 5.74) is 3.33. The molecular weight excluding hydrogens is 328 g/mol. The summed E-state index contributed by atoms with van der Waals surface area (Å²) < 4.78 is 7.37. The molecule has 2 aromatic carbocycles. The topological polar surface area (TPSA) is 69.0 Å². The second-order valence-corrected chi connectivity index (χ2v) is 6.10. The molecule has 134 valence electrons. The summed E-state index contributed by atoms with van der Waals surface area (Å²) in [4.78, 5) is 15.9. The van der Waals surface area contributed by atoms with Crippen molar-refractivity contribution in [3.63, 3.8) is 0 Å². The number of nitrogens with zero attached hydrogens (tertiary/aromatic N) is 3. The van der Waals surface area contributed by atoms with E-state index >= 15 is 0 Å². The number of carbonyl (C=O) groups excluding carboxylic acids is 1. The number of benzene rings is 2. The number of ether oxygens (including phenoxy) is 1. The van der Waals surface area contributed by atoms with Gasteiger partial charge in [-0.15, -0.1) is 0 Å². The predicted octanol–water partition coefficient (Wildman–Crippen LogP) is 2.72. The molecule has 0 bridgehead atoms. The second kappa shape index (κ2) is 8.80. The number of rotatable bonds is 8. The van der Waals surface area contributed by atoms with E-state index < -0.39 is 0 Å². The number of hydrogen-bond donors (Lipinski definition) is 1. The number of hydrogen-bond acceptors (Lipinski definition) is 4. The van der Waals surface area contributed by atoms with Crippen molar-refractivity contribution in [3.8, 4) is 5.75 Å². The Labute approximate surface area is 152 Å². The molecule has 0 atom stereocenters. The summed E-state index contributed by atoms with van der Waals surface area (Å²) in [5.74, 6) is 0.769. The number of aromatic nitrogens is 3. The first-order chi connectivity index (χ1) is 12.7. The van der Waals surface area contributed by atoms with Crippen molar-refractivity contribution in [2.24, 2.45) is 0 Å². The van der Waals surface area contributed by atoms with Crippen LogP contribution in [0.5, 0.6) is 5.75 Å². The summed E-state index contributed by atoms with van der Waals surface area (Å²) >= 11 is 0. The molecule has 0 saturated carbocycles. The summed E-state index contributed by atoms with van der Waals surface area (Å²) in [6.07, 6.45) is 3.54. The van der Waals surface area contributed by atoms with E-state index in [2.05, 4.69) is 15.4 Å². The van der Waals surface area contributed by atoms with E-state index in [0.29, 0.717) is 26.1 Å². The van der Waals surface area contributed by atoms with E-state index in [1.807, 2.05) is 55.5 Å². The second-order valence-electron chi connectivity index (χ2n) is 6.10. The van der Waals surface area contributed by atoms with Crippen molar-refractivity contribution >= 4 is 5.91 Å². The highest BCUT2D eigenvalue weighted by Gasteiger charge is 2.03. The molecule has 1 heterocycles. The number of aryl methyl sites for hydroxylation is 1. The van der Waals surface area contributed by atoms with Crippen LogP contribution in [0.15, 0.2) is 61.2 Å². The van der Waals surface area contributed by atoms with Gasteiger partial charge >= 0.3 is 0 Å². The van der Waals surface area contributed by atoms with Gasteiger partial charge in [-0.3, -0.25) is 4.79 Å². The molecule has 1 N–H and O–H groups in total. The van der Waals surface area contributed by atoms with E-state index in [0.717, 1.165) is 22.4 Å². The number of nitrogens with one attached hydrogen (secondary N) is 1. The van der Waals surface area contributed by atoms with Gasteiger partial charge in [-0.05, 0) is 35.7 Å². The molecule has 0 aliphatic heterocycles. The highest BCUT2D eigenvalue weighted by atomic mass is 16.5. The lowest BCUT2D eigenvalue weighted by atomic mass is 10.1. The Balaban J connectivity index is 1.38. The zero-order valence-electron chi connectivity index (χ0n) is 14.8. The largest absolute Gasteiger partial charge is 0.493 e. The molecule has 1 amide bonds. The minimum Gasteiger partial charge on any atom is -0.493 e. The molecule has 0 aliphatic rings. The van der Waals surface area contributed by atoms with Crippen LogP contribution in [0.1, 0.15) is 23.1 Å². The van der Waals surface area contributed by atoms with Gasteiger partial charge in [0.1, 0.15) is 18.4 Å². The molecule has 6 nitrogen and oxygen atoms in total. The fourth-order valence-corrected chi connectivity index (χ4v) is 2.52. The summed E-state index contributed by atoms with van der Waals surface area (Å²) in [6, 6.07) is 15.9. The van der Waals surface area contributed by atoms with Crippen molar-refractivity contribution in [2.75, 3.05) is 6.61 Å². The molecule has 0 saturated heterocycles. The maximum Gasteiger partial charge on any atom is 0.223 e. The van der Waals surface area contributed by atoms with E-state index in [1.165, 1.54) is 6.33 Å². The molecule has 26 heavy (non-hydrogen) atoms. The molecular formula is C20H22N4O2. The lowest BCUT2D eigenvalue weighted by Crippen LogP contribution is -2.24. The number of carbonyl (C=O) groups is 1. The third kappa shape index (κ3) is 5.44. The Hall–Kier alpha value is -3.15. The van der Waals surface area contributed by atoms with E-state index in [1.54, 1.807) is 11.0 Å². The Morgan fingerprint density at radius 2 is 1.96 bits per heavy atom. The van der Waals surface area contributed by atoms with Crippen LogP contribution in [0, 0.1) is 6.92 Å². The van der Waals surface area contributed by atoms with Gasteiger partial charge < -0.3 is 10.1 Å². The summed E-state index contributed by atoms with van der Waals surface area (Å²) in [6.45, 7) is 3.57. The average molecular weight is 350 g/mol. The highest BCUT2D eigenvalue weighted by Crippen LogP contribution is 2.12. The lowest BCUT2D eigenvalue weighted by Gasteiger charge is -2.08. The monoisotopic (exact) mass is 350 g/mol. The normalized spacial score (nSPS) is 10.5. The smallest absolute Gasteiger partial charge is 0.223 e. The summed E-state index contributed by atoms with van der Waals surface area (Å²) in [5, 5.41) is 7.00. The zero-order chi connectivity index (χ0) is 18.2. The SMILES string of the molecule is Cc1cccc(OCCC(=O)NCc2ccc(Cn3cncn3)cc2)c1. The van der Waals surface area contributed by atoms with Crippen molar-refractivity contribution in [1.82, 2.24) is 20.1 Å². The van der Waals surface area contributed by atoms with Gasteiger partial charge in [0.15, 0.2) is 0 Å². The molecule has 0 radical (unpaired) electrons. The molecule has 3 rings (SSSR count). The van der Waals surface area contributed by atoms with Crippen molar-refractivity contribution in [1.29, 1.82) is 0 Å². The van der Waals surface area contributed by atoms with Crippen LogP contribution in [0.4, 0.5) is 0 Å². The highest BCUT2D eigenvalue weighted by molar-refractivity contribution is 5.76. The molecule has 0 fully saturated rings. The maximum absolute atomic E-state index is 11.9. The minimum absolute atomic E-state index is 0.0238. The van der Waals surface area contributed by atoms with Gasteiger partial charge in [0.05, 0.1) is 19.6 Å². The third-order valence-electron chi connectivity index (χ3n) is 3.91. The molecule has 1 aromatic heterocycles. The first-order valence-electron chi connectivity index (χ1n) is 8.55. The zero-order valence-corrected chi connectivity index (χ0v) is 14.8. The minimum atomic E-state index is -0.0238. The van der Waals surface area contributed by atoms with E-state index in [4.69, 9.17) is 4.74 Å². The van der Waals surface area contributed by atoms with Crippen molar-refractivity contribution in [2.45, 2.75) is 26.4 Å². The average Bonchev–Trinajstić information content (AvgIpc) is 3.14. The Kier molecular flexibility index (Phi) is 5.98. The molecule has 3 aromatic rings. The first-order valence-corrected chi connectivity index (χ1v) is 8.55. The van der Waals surface area contributed by atoms with Gasteiger partial charge in [0.2, 0.25) is 5.91 Å². The number of amides is 1. The van der Waals surface area contributed by atoms with Crippen molar-refractivity contribution in [3.05, 3.63) is 77.9 Å². The van der Waals surface area contributed by atoms with Crippen LogP contribution in [-0.4, -0.2) is 27.3 Å². The summed E-state index contributed by atoms with van der Waals surface area (Å²) in [7, 11) is 0. The van der Waals surface area contributed by atoms with Gasteiger partial charge in [0, 0.05) is 6.54 Å². The standard InChI is InChI=1S/C20H22N4O2/c1-16-3-2-4-19(11-16)26-10-9-20(25)22-12-17-5-7-18(8-6-17)13-24-15-21-14-23-24/h2-8,11,14-15H,9-10,12-13H2,1H3,(H,22,25). The lowest BCUT2D eigenvalue weighted by molar-refractivity contribution is -0.121. The maximum atomic E-state index is 11.9. The fourth-order valence-electron chi connectivity index (χ4n) is 2.52. The Bertz CT molecular complexity index is 829. The molecule has 6 heteroatoms. The quantitative estimate of drug-likeness (QED) is 0.678. The van der Waals surface area contributed by atoms with E-state index in [9.17, 15) is 4.79 Å².